The van der Waals surface area contributed by atoms with Gasteiger partial charge in [-0.05, 0) is 25.3 Å². The Morgan fingerprint density at radius 1 is 1.38 bits per heavy atom. The topological polar surface area (TPSA) is 93.1 Å². The number of rotatable bonds is 5. The minimum absolute atomic E-state index is 0.00761. The number of nitrogens with one attached hydrogen (secondary N) is 1. The first-order chi connectivity index (χ1) is 11.8. The van der Waals surface area contributed by atoms with Crippen molar-refractivity contribution in [2.75, 3.05) is 25.6 Å². The van der Waals surface area contributed by atoms with Crippen LogP contribution in [0.2, 0.25) is 0 Å². The number of aromatic nitrogens is 4. The van der Waals surface area contributed by atoms with Gasteiger partial charge in [0.25, 0.3) is 0 Å². The summed E-state index contributed by atoms with van der Waals surface area (Å²) in [5, 5.41) is 3.08. The SMILES string of the molecule is COCC(=O)N1CCCC[C@H]1c1ccnc(Nc2cncnc2)n1. The summed E-state index contributed by atoms with van der Waals surface area (Å²) in [6.07, 6.45) is 9.42. The van der Waals surface area contributed by atoms with Crippen LogP contribution in [0, 0.1) is 0 Å². The summed E-state index contributed by atoms with van der Waals surface area (Å²) in [6, 6.07) is 1.81. The van der Waals surface area contributed by atoms with Crippen molar-refractivity contribution in [2.45, 2.75) is 25.3 Å². The fourth-order valence-electron chi connectivity index (χ4n) is 2.86. The highest BCUT2D eigenvalue weighted by Crippen LogP contribution is 2.30. The van der Waals surface area contributed by atoms with Crippen LogP contribution < -0.4 is 5.32 Å². The van der Waals surface area contributed by atoms with E-state index < -0.39 is 0 Å². The average Bonchev–Trinajstić information content (AvgIpc) is 2.63. The summed E-state index contributed by atoms with van der Waals surface area (Å²) < 4.78 is 4.99. The predicted octanol–water partition coefficient (Wildman–Crippen LogP) is 1.71. The van der Waals surface area contributed by atoms with Crippen LogP contribution in [0.5, 0.6) is 0 Å². The van der Waals surface area contributed by atoms with Crippen molar-refractivity contribution < 1.29 is 9.53 Å². The van der Waals surface area contributed by atoms with Gasteiger partial charge in [0.2, 0.25) is 11.9 Å². The Kier molecular flexibility index (Phi) is 5.27. The van der Waals surface area contributed by atoms with E-state index >= 15 is 0 Å². The number of anilines is 2. The van der Waals surface area contributed by atoms with Crippen LogP contribution in [0.3, 0.4) is 0 Å². The number of amides is 1. The summed E-state index contributed by atoms with van der Waals surface area (Å²) in [7, 11) is 1.53. The van der Waals surface area contributed by atoms with Gasteiger partial charge in [-0.1, -0.05) is 0 Å². The molecule has 1 aliphatic rings. The van der Waals surface area contributed by atoms with E-state index in [9.17, 15) is 4.79 Å². The largest absolute Gasteiger partial charge is 0.375 e. The molecule has 3 heterocycles. The molecule has 1 atom stereocenters. The van der Waals surface area contributed by atoms with E-state index in [1.165, 1.54) is 13.4 Å². The fraction of sp³-hybridized carbons (Fsp3) is 0.438. The molecule has 8 nitrogen and oxygen atoms in total. The normalized spacial score (nSPS) is 17.5. The lowest BCUT2D eigenvalue weighted by atomic mass is 9.99. The molecule has 1 saturated heterocycles. The molecule has 1 aliphatic heterocycles. The molecule has 24 heavy (non-hydrogen) atoms. The molecule has 0 aromatic carbocycles. The zero-order valence-corrected chi connectivity index (χ0v) is 13.6. The highest BCUT2D eigenvalue weighted by molar-refractivity contribution is 5.78. The molecule has 0 unspecified atom stereocenters. The maximum Gasteiger partial charge on any atom is 0.249 e. The smallest absolute Gasteiger partial charge is 0.249 e. The predicted molar refractivity (Wildman–Crippen MR) is 87.5 cm³/mol. The van der Waals surface area contributed by atoms with Gasteiger partial charge in [0.05, 0.1) is 29.8 Å². The van der Waals surface area contributed by atoms with E-state index in [0.717, 1.165) is 31.5 Å². The lowest BCUT2D eigenvalue weighted by molar-refractivity contribution is -0.139. The highest BCUT2D eigenvalue weighted by Gasteiger charge is 2.29. The molecule has 0 saturated carbocycles. The maximum absolute atomic E-state index is 12.3. The van der Waals surface area contributed by atoms with Crippen molar-refractivity contribution in [1.29, 1.82) is 0 Å². The Labute approximate surface area is 140 Å². The van der Waals surface area contributed by atoms with Crippen LogP contribution >= 0.6 is 0 Å². The second-order valence-corrected chi connectivity index (χ2v) is 5.59. The zero-order chi connectivity index (χ0) is 16.8. The number of piperidine rings is 1. The minimum atomic E-state index is -0.0445. The van der Waals surface area contributed by atoms with Crippen molar-refractivity contribution in [3.05, 3.63) is 36.7 Å². The lowest BCUT2D eigenvalue weighted by Crippen LogP contribution is -2.40. The van der Waals surface area contributed by atoms with E-state index in [4.69, 9.17) is 4.74 Å². The Morgan fingerprint density at radius 3 is 3.00 bits per heavy atom. The maximum atomic E-state index is 12.3. The summed E-state index contributed by atoms with van der Waals surface area (Å²) in [5.41, 5.74) is 1.54. The second kappa shape index (κ2) is 7.78. The van der Waals surface area contributed by atoms with Gasteiger partial charge in [-0.25, -0.2) is 19.9 Å². The summed E-state index contributed by atoms with van der Waals surface area (Å²) >= 11 is 0. The highest BCUT2D eigenvalue weighted by atomic mass is 16.5. The van der Waals surface area contributed by atoms with Gasteiger partial charge in [0.15, 0.2) is 0 Å². The Hall–Kier alpha value is -2.61. The van der Waals surface area contributed by atoms with Gasteiger partial charge in [0.1, 0.15) is 12.9 Å². The third kappa shape index (κ3) is 3.83. The molecule has 2 aromatic heterocycles. The number of hydrogen-bond acceptors (Lipinski definition) is 7. The van der Waals surface area contributed by atoms with Gasteiger partial charge >= 0.3 is 0 Å². The first-order valence-corrected chi connectivity index (χ1v) is 7.91. The van der Waals surface area contributed by atoms with E-state index in [0.29, 0.717) is 11.6 Å². The van der Waals surface area contributed by atoms with Crippen molar-refractivity contribution in [1.82, 2.24) is 24.8 Å². The molecule has 0 radical (unpaired) electrons. The van der Waals surface area contributed by atoms with E-state index in [-0.39, 0.29) is 18.6 Å². The number of ether oxygens (including phenoxy) is 1. The molecule has 3 rings (SSSR count). The number of carbonyl (C=O) groups excluding carboxylic acids is 1. The van der Waals surface area contributed by atoms with Gasteiger partial charge in [-0.2, -0.15) is 0 Å². The summed E-state index contributed by atoms with van der Waals surface area (Å²) in [6.45, 7) is 0.820. The van der Waals surface area contributed by atoms with Gasteiger partial charge in [0, 0.05) is 19.9 Å². The Morgan fingerprint density at radius 2 is 2.21 bits per heavy atom. The molecule has 0 aliphatic carbocycles. The first kappa shape index (κ1) is 16.3. The van der Waals surface area contributed by atoms with E-state index in [1.54, 1.807) is 18.6 Å². The third-order valence-corrected chi connectivity index (χ3v) is 3.93. The van der Waals surface area contributed by atoms with Crippen molar-refractivity contribution >= 4 is 17.5 Å². The lowest BCUT2D eigenvalue weighted by Gasteiger charge is -2.35. The van der Waals surface area contributed by atoms with Crippen molar-refractivity contribution in [3.8, 4) is 0 Å². The van der Waals surface area contributed by atoms with Crippen LogP contribution in [0.15, 0.2) is 31.0 Å². The van der Waals surface area contributed by atoms with Gasteiger partial charge in [-0.3, -0.25) is 4.79 Å². The average molecular weight is 328 g/mol. The number of likely N-dealkylation sites (tertiary alicyclic amines) is 1. The molecule has 1 N–H and O–H groups in total. The monoisotopic (exact) mass is 328 g/mol. The molecule has 0 spiro atoms. The number of methoxy groups -OCH3 is 1. The molecule has 1 fully saturated rings. The number of hydrogen-bond donors (Lipinski definition) is 1. The molecular weight excluding hydrogens is 308 g/mol. The first-order valence-electron chi connectivity index (χ1n) is 7.91. The van der Waals surface area contributed by atoms with Crippen LogP contribution in [0.4, 0.5) is 11.6 Å². The molecular formula is C16H20N6O2. The minimum Gasteiger partial charge on any atom is -0.375 e. The molecule has 0 bridgehead atoms. The molecule has 8 heteroatoms. The van der Waals surface area contributed by atoms with Gasteiger partial charge in [-0.15, -0.1) is 0 Å². The molecule has 1 amide bonds. The van der Waals surface area contributed by atoms with E-state index in [2.05, 4.69) is 25.3 Å². The van der Waals surface area contributed by atoms with Crippen LogP contribution in [0.1, 0.15) is 31.0 Å². The van der Waals surface area contributed by atoms with Crippen LogP contribution in [0.25, 0.3) is 0 Å². The summed E-state index contributed by atoms with van der Waals surface area (Å²) in [4.78, 5) is 30.8. The van der Waals surface area contributed by atoms with E-state index in [1.807, 2.05) is 11.0 Å². The fourth-order valence-corrected chi connectivity index (χ4v) is 2.86. The molecule has 2 aromatic rings. The van der Waals surface area contributed by atoms with Crippen LogP contribution in [-0.4, -0.2) is 51.0 Å². The number of nitrogens with zero attached hydrogens (tertiary/aromatic N) is 5. The quantitative estimate of drug-likeness (QED) is 0.893. The van der Waals surface area contributed by atoms with Crippen LogP contribution in [-0.2, 0) is 9.53 Å². The Balaban J connectivity index is 1.79. The zero-order valence-electron chi connectivity index (χ0n) is 13.6. The standard InChI is InChI=1S/C16H20N6O2/c1-24-10-15(23)22-7-3-2-4-14(22)13-5-6-19-16(21-13)20-12-8-17-11-18-9-12/h5-6,8-9,11,14H,2-4,7,10H2,1H3,(H,19,20,21)/t14-/m0/s1. The van der Waals surface area contributed by atoms with Crippen molar-refractivity contribution in [2.24, 2.45) is 0 Å². The third-order valence-electron chi connectivity index (χ3n) is 3.93. The molecule has 126 valence electrons. The number of carbonyl (C=O) groups is 1. The summed E-state index contributed by atoms with van der Waals surface area (Å²) in [5.74, 6) is 0.457. The van der Waals surface area contributed by atoms with Crippen molar-refractivity contribution in [3.63, 3.8) is 0 Å². The van der Waals surface area contributed by atoms with Gasteiger partial charge < -0.3 is 15.0 Å². The Bertz CT molecular complexity index is 681. The second-order valence-electron chi connectivity index (χ2n) is 5.59.